The van der Waals surface area contributed by atoms with Crippen LogP contribution in [0, 0.1) is 0 Å². The first-order chi connectivity index (χ1) is 13.3. The van der Waals surface area contributed by atoms with Crippen molar-refractivity contribution in [3.05, 3.63) is 71.7 Å². The van der Waals surface area contributed by atoms with Gasteiger partial charge in [0.25, 0.3) is 5.91 Å². The standard InChI is InChI=1S/C21H23N5OS/c1-21(2,3)14-6-8-15(9-7-14)25-18(27)17-5-4-11-23-19(17)28-13-16-10-12-24-20(22)26-16/h4-12H,13H2,1-3H3,(H,25,27)(H2,22,24,26). The van der Waals surface area contributed by atoms with Gasteiger partial charge in [-0.25, -0.2) is 15.0 Å². The minimum absolute atomic E-state index is 0.0695. The fourth-order valence-corrected chi connectivity index (χ4v) is 3.46. The second-order valence-electron chi connectivity index (χ2n) is 7.33. The Morgan fingerprint density at radius 3 is 2.50 bits per heavy atom. The van der Waals surface area contributed by atoms with Crippen LogP contribution in [0.2, 0.25) is 0 Å². The van der Waals surface area contributed by atoms with Crippen molar-refractivity contribution in [1.29, 1.82) is 0 Å². The van der Waals surface area contributed by atoms with Crippen LogP contribution in [0.5, 0.6) is 0 Å². The number of pyridine rings is 1. The molecule has 3 rings (SSSR count). The molecule has 0 spiro atoms. The van der Waals surface area contributed by atoms with E-state index in [4.69, 9.17) is 5.73 Å². The quantitative estimate of drug-likeness (QED) is 0.628. The van der Waals surface area contributed by atoms with E-state index < -0.39 is 0 Å². The number of nitrogens with one attached hydrogen (secondary N) is 1. The van der Waals surface area contributed by atoms with Gasteiger partial charge in [0.1, 0.15) is 5.03 Å². The van der Waals surface area contributed by atoms with E-state index in [1.165, 1.54) is 17.3 Å². The zero-order chi connectivity index (χ0) is 20.1. The summed E-state index contributed by atoms with van der Waals surface area (Å²) in [4.78, 5) is 25.2. The van der Waals surface area contributed by atoms with Crippen LogP contribution in [0.1, 0.15) is 42.4 Å². The van der Waals surface area contributed by atoms with Gasteiger partial charge in [-0.15, -0.1) is 0 Å². The highest BCUT2D eigenvalue weighted by atomic mass is 32.2. The Balaban J connectivity index is 1.72. The van der Waals surface area contributed by atoms with Crippen molar-refractivity contribution in [3.63, 3.8) is 0 Å². The maximum atomic E-state index is 12.8. The van der Waals surface area contributed by atoms with Crippen molar-refractivity contribution in [1.82, 2.24) is 15.0 Å². The minimum Gasteiger partial charge on any atom is -0.368 e. The van der Waals surface area contributed by atoms with E-state index in [1.54, 1.807) is 30.6 Å². The normalized spacial score (nSPS) is 11.2. The molecular formula is C21H23N5OS. The van der Waals surface area contributed by atoms with Crippen molar-refractivity contribution in [3.8, 4) is 0 Å². The first kappa shape index (κ1) is 19.8. The number of rotatable bonds is 5. The third-order valence-corrected chi connectivity index (χ3v) is 5.15. The Labute approximate surface area is 169 Å². The monoisotopic (exact) mass is 393 g/mol. The average Bonchev–Trinajstić information content (AvgIpc) is 2.66. The molecule has 1 amide bonds. The molecule has 0 saturated heterocycles. The van der Waals surface area contributed by atoms with Gasteiger partial charge in [0.2, 0.25) is 5.95 Å². The molecule has 2 heterocycles. The number of nitrogens with zero attached hydrogens (tertiary/aromatic N) is 3. The molecule has 2 aromatic heterocycles. The number of anilines is 2. The van der Waals surface area contributed by atoms with Gasteiger partial charge in [0.15, 0.2) is 0 Å². The van der Waals surface area contributed by atoms with Crippen LogP contribution in [-0.2, 0) is 11.2 Å². The molecule has 144 valence electrons. The number of aromatic nitrogens is 3. The van der Waals surface area contributed by atoms with Crippen LogP contribution in [0.15, 0.2) is 59.9 Å². The van der Waals surface area contributed by atoms with Crippen LogP contribution < -0.4 is 11.1 Å². The number of hydrogen-bond donors (Lipinski definition) is 2. The summed E-state index contributed by atoms with van der Waals surface area (Å²) in [6.07, 6.45) is 3.29. The van der Waals surface area contributed by atoms with Crippen LogP contribution in [0.4, 0.5) is 11.6 Å². The molecule has 7 heteroatoms. The Morgan fingerprint density at radius 2 is 1.82 bits per heavy atom. The zero-order valence-corrected chi connectivity index (χ0v) is 17.0. The summed E-state index contributed by atoms with van der Waals surface area (Å²) in [5.41, 5.74) is 8.96. The molecular weight excluding hydrogens is 370 g/mol. The summed E-state index contributed by atoms with van der Waals surface area (Å²) >= 11 is 1.44. The van der Waals surface area contributed by atoms with Crippen LogP contribution >= 0.6 is 11.8 Å². The molecule has 3 N–H and O–H groups in total. The molecule has 28 heavy (non-hydrogen) atoms. The Hall–Kier alpha value is -2.93. The maximum absolute atomic E-state index is 12.8. The second kappa shape index (κ2) is 8.39. The Bertz CT molecular complexity index is 967. The molecule has 0 radical (unpaired) electrons. The van der Waals surface area contributed by atoms with E-state index >= 15 is 0 Å². The number of thioether (sulfide) groups is 1. The topological polar surface area (TPSA) is 93.8 Å². The Morgan fingerprint density at radius 1 is 1.07 bits per heavy atom. The van der Waals surface area contributed by atoms with E-state index in [2.05, 4.69) is 41.0 Å². The lowest BCUT2D eigenvalue weighted by Gasteiger charge is -2.19. The Kier molecular flexibility index (Phi) is 5.94. The van der Waals surface area contributed by atoms with Crippen LogP contribution in [-0.4, -0.2) is 20.9 Å². The highest BCUT2D eigenvalue weighted by molar-refractivity contribution is 7.98. The number of benzene rings is 1. The first-order valence-corrected chi connectivity index (χ1v) is 9.88. The second-order valence-corrected chi connectivity index (χ2v) is 8.30. The fraction of sp³-hybridized carbons (Fsp3) is 0.238. The molecule has 0 atom stereocenters. The SMILES string of the molecule is CC(C)(C)c1ccc(NC(=O)c2cccnc2SCc2ccnc(N)n2)cc1. The van der Waals surface area contributed by atoms with Crippen molar-refractivity contribution in [2.24, 2.45) is 0 Å². The van der Waals surface area contributed by atoms with E-state index in [-0.39, 0.29) is 17.3 Å². The lowest BCUT2D eigenvalue weighted by molar-refractivity contribution is 0.102. The number of nitrogens with two attached hydrogens (primary N) is 1. The highest BCUT2D eigenvalue weighted by Gasteiger charge is 2.15. The van der Waals surface area contributed by atoms with Gasteiger partial charge >= 0.3 is 0 Å². The van der Waals surface area contributed by atoms with Crippen LogP contribution in [0.3, 0.4) is 0 Å². The molecule has 0 bridgehead atoms. The highest BCUT2D eigenvalue weighted by Crippen LogP contribution is 2.26. The average molecular weight is 394 g/mol. The summed E-state index contributed by atoms with van der Waals surface area (Å²) in [5, 5.41) is 3.59. The number of amides is 1. The summed E-state index contributed by atoms with van der Waals surface area (Å²) in [6.45, 7) is 6.47. The summed E-state index contributed by atoms with van der Waals surface area (Å²) < 4.78 is 0. The van der Waals surface area contributed by atoms with Crippen molar-refractivity contribution < 1.29 is 4.79 Å². The third-order valence-electron chi connectivity index (χ3n) is 4.11. The summed E-state index contributed by atoms with van der Waals surface area (Å²) in [6, 6.07) is 13.2. The summed E-state index contributed by atoms with van der Waals surface area (Å²) in [5.74, 6) is 0.585. The maximum Gasteiger partial charge on any atom is 0.258 e. The smallest absolute Gasteiger partial charge is 0.258 e. The van der Waals surface area contributed by atoms with Gasteiger partial charge in [-0.3, -0.25) is 4.79 Å². The number of hydrogen-bond acceptors (Lipinski definition) is 6. The fourth-order valence-electron chi connectivity index (χ4n) is 2.57. The molecule has 0 saturated carbocycles. The lowest BCUT2D eigenvalue weighted by Crippen LogP contribution is -2.14. The first-order valence-electron chi connectivity index (χ1n) is 8.90. The van der Waals surface area contributed by atoms with Crippen molar-refractivity contribution in [2.75, 3.05) is 11.1 Å². The van der Waals surface area contributed by atoms with Gasteiger partial charge < -0.3 is 11.1 Å². The molecule has 0 aliphatic heterocycles. The molecule has 0 fully saturated rings. The van der Waals surface area contributed by atoms with Gasteiger partial charge in [-0.05, 0) is 41.3 Å². The van der Waals surface area contributed by atoms with Crippen LogP contribution in [0.25, 0.3) is 0 Å². The number of carbonyl (C=O) groups is 1. The number of carbonyl (C=O) groups excluding carboxylic acids is 1. The number of nitrogen functional groups attached to an aromatic ring is 1. The minimum atomic E-state index is -0.193. The third kappa shape index (κ3) is 5.07. The summed E-state index contributed by atoms with van der Waals surface area (Å²) in [7, 11) is 0. The lowest BCUT2D eigenvalue weighted by atomic mass is 9.87. The van der Waals surface area contributed by atoms with E-state index in [1.807, 2.05) is 24.3 Å². The predicted octanol–water partition coefficient (Wildman–Crippen LogP) is 4.30. The van der Waals surface area contributed by atoms with Gasteiger partial charge in [-0.2, -0.15) is 0 Å². The van der Waals surface area contributed by atoms with Gasteiger partial charge in [-0.1, -0.05) is 44.7 Å². The molecule has 1 aromatic carbocycles. The molecule has 0 unspecified atom stereocenters. The zero-order valence-electron chi connectivity index (χ0n) is 16.1. The van der Waals surface area contributed by atoms with Crippen molar-refractivity contribution >= 4 is 29.3 Å². The molecule has 0 aliphatic rings. The van der Waals surface area contributed by atoms with E-state index in [0.29, 0.717) is 16.3 Å². The molecule has 6 nitrogen and oxygen atoms in total. The van der Waals surface area contributed by atoms with E-state index in [9.17, 15) is 4.79 Å². The largest absolute Gasteiger partial charge is 0.368 e. The van der Waals surface area contributed by atoms with Gasteiger partial charge in [0, 0.05) is 23.8 Å². The molecule has 3 aromatic rings. The molecule has 0 aliphatic carbocycles. The predicted molar refractivity (Wildman–Crippen MR) is 113 cm³/mol. The van der Waals surface area contributed by atoms with E-state index in [0.717, 1.165) is 11.4 Å². The van der Waals surface area contributed by atoms with Crippen molar-refractivity contribution in [2.45, 2.75) is 37.0 Å². The van der Waals surface area contributed by atoms with Gasteiger partial charge in [0.05, 0.1) is 11.3 Å².